The lowest BCUT2D eigenvalue weighted by atomic mass is 9.87. The van der Waals surface area contributed by atoms with Gasteiger partial charge in [0.15, 0.2) is 5.78 Å². The first-order chi connectivity index (χ1) is 18.2. The summed E-state index contributed by atoms with van der Waals surface area (Å²) in [5.41, 5.74) is 1.80. The van der Waals surface area contributed by atoms with Crippen molar-refractivity contribution in [1.82, 2.24) is 0 Å². The van der Waals surface area contributed by atoms with E-state index in [0.717, 1.165) is 5.56 Å². The maximum absolute atomic E-state index is 13.1. The van der Waals surface area contributed by atoms with E-state index in [4.69, 9.17) is 9.47 Å². The largest absolute Gasteiger partial charge is 0.488 e. The first-order valence-corrected chi connectivity index (χ1v) is 14.3. The Kier molecular flexibility index (Phi) is 7.71. The van der Waals surface area contributed by atoms with Crippen LogP contribution in [0.3, 0.4) is 0 Å². The number of sulfone groups is 1. The van der Waals surface area contributed by atoms with Crippen LogP contribution in [0.5, 0.6) is 17.2 Å². The SMILES string of the molecule is CC(C)(C)Oc1ccc(C(=O)c2ccc(Oc3ccc(S(=O)(=O)c4ccc(C(C)(C)C)cc4)cc3)cc2)cc1. The van der Waals surface area contributed by atoms with Gasteiger partial charge in [-0.1, -0.05) is 32.9 Å². The predicted octanol–water partition coefficient (Wildman–Crippen LogP) is 8.02. The Balaban J connectivity index is 1.42. The van der Waals surface area contributed by atoms with Crippen molar-refractivity contribution >= 4 is 15.6 Å². The first-order valence-electron chi connectivity index (χ1n) is 12.8. The quantitative estimate of drug-likeness (QED) is 0.221. The molecule has 0 aliphatic carbocycles. The third-order valence-electron chi connectivity index (χ3n) is 6.06. The number of ether oxygens (including phenoxy) is 2. The lowest BCUT2D eigenvalue weighted by Crippen LogP contribution is -2.22. The van der Waals surface area contributed by atoms with Crippen LogP contribution < -0.4 is 9.47 Å². The maximum atomic E-state index is 13.1. The number of rotatable bonds is 7. The Bertz CT molecular complexity index is 1540. The molecule has 5 nitrogen and oxygen atoms in total. The molecule has 39 heavy (non-hydrogen) atoms. The van der Waals surface area contributed by atoms with Crippen LogP contribution in [0.1, 0.15) is 63.0 Å². The van der Waals surface area contributed by atoms with Gasteiger partial charge < -0.3 is 9.47 Å². The summed E-state index contributed by atoms with van der Waals surface area (Å²) in [4.78, 5) is 13.3. The minimum Gasteiger partial charge on any atom is -0.488 e. The molecule has 0 aliphatic rings. The Hall–Kier alpha value is -3.90. The van der Waals surface area contributed by atoms with Crippen LogP contribution in [0.25, 0.3) is 0 Å². The Labute approximate surface area is 231 Å². The molecule has 0 N–H and O–H groups in total. The molecule has 0 unspecified atom stereocenters. The molecule has 0 aliphatic heterocycles. The van der Waals surface area contributed by atoms with Crippen molar-refractivity contribution in [2.75, 3.05) is 0 Å². The molecular weight excluding hydrogens is 508 g/mol. The summed E-state index contributed by atoms with van der Waals surface area (Å²) in [7, 11) is -3.65. The zero-order valence-corrected chi connectivity index (χ0v) is 24.0. The molecule has 4 rings (SSSR count). The fourth-order valence-corrected chi connectivity index (χ4v) is 5.22. The maximum Gasteiger partial charge on any atom is 0.206 e. The molecular formula is C33H34O5S. The Morgan fingerprint density at radius 1 is 0.564 bits per heavy atom. The van der Waals surface area contributed by atoms with Gasteiger partial charge in [0.1, 0.15) is 22.8 Å². The van der Waals surface area contributed by atoms with Gasteiger partial charge in [-0.25, -0.2) is 8.42 Å². The minimum atomic E-state index is -3.65. The third-order valence-corrected chi connectivity index (χ3v) is 7.84. The molecule has 0 radical (unpaired) electrons. The second-order valence-corrected chi connectivity index (χ2v) is 13.4. The average molecular weight is 543 g/mol. The van der Waals surface area contributed by atoms with Crippen LogP contribution in [0.15, 0.2) is 107 Å². The van der Waals surface area contributed by atoms with Crippen LogP contribution in [-0.2, 0) is 15.3 Å². The number of ketones is 1. The normalized spacial score (nSPS) is 12.2. The van der Waals surface area contributed by atoms with Gasteiger partial charge in [0.25, 0.3) is 0 Å². The molecule has 0 bridgehead atoms. The molecule has 0 amide bonds. The summed E-state index contributed by atoms with van der Waals surface area (Å²) in [6, 6.07) is 27.3. The number of carbonyl (C=O) groups excluding carboxylic acids is 1. The number of hydrogen-bond acceptors (Lipinski definition) is 5. The highest BCUT2D eigenvalue weighted by Crippen LogP contribution is 2.29. The number of hydrogen-bond donors (Lipinski definition) is 0. The van der Waals surface area contributed by atoms with E-state index in [1.807, 2.05) is 32.9 Å². The van der Waals surface area contributed by atoms with Crippen LogP contribution in [0.2, 0.25) is 0 Å². The second-order valence-electron chi connectivity index (χ2n) is 11.4. The van der Waals surface area contributed by atoms with E-state index < -0.39 is 9.84 Å². The fourth-order valence-electron chi connectivity index (χ4n) is 3.96. The van der Waals surface area contributed by atoms with Crippen molar-refractivity contribution in [2.24, 2.45) is 0 Å². The third kappa shape index (κ3) is 6.95. The molecule has 202 valence electrons. The van der Waals surface area contributed by atoms with Crippen molar-refractivity contribution in [1.29, 1.82) is 0 Å². The van der Waals surface area contributed by atoms with Gasteiger partial charge in [-0.05, 0) is 117 Å². The first kappa shape index (κ1) is 28.1. The number of benzene rings is 4. The highest BCUT2D eigenvalue weighted by molar-refractivity contribution is 7.91. The van der Waals surface area contributed by atoms with Gasteiger partial charge in [0, 0.05) is 11.1 Å². The van der Waals surface area contributed by atoms with Crippen LogP contribution in [-0.4, -0.2) is 19.8 Å². The van der Waals surface area contributed by atoms with Crippen LogP contribution in [0, 0.1) is 0 Å². The highest BCUT2D eigenvalue weighted by atomic mass is 32.2. The van der Waals surface area contributed by atoms with Crippen molar-refractivity contribution < 1.29 is 22.7 Å². The second kappa shape index (κ2) is 10.7. The van der Waals surface area contributed by atoms with Crippen molar-refractivity contribution in [3.63, 3.8) is 0 Å². The van der Waals surface area contributed by atoms with Crippen molar-refractivity contribution in [3.05, 3.63) is 114 Å². The molecule has 0 fully saturated rings. The topological polar surface area (TPSA) is 69.7 Å². The van der Waals surface area contributed by atoms with Gasteiger partial charge in [-0.2, -0.15) is 0 Å². The van der Waals surface area contributed by atoms with E-state index >= 15 is 0 Å². The van der Waals surface area contributed by atoms with Gasteiger partial charge in [0.05, 0.1) is 9.79 Å². The molecule has 0 atom stereocenters. The molecule has 4 aromatic rings. The summed E-state index contributed by atoms with van der Waals surface area (Å²) in [5, 5.41) is 0. The van der Waals surface area contributed by atoms with Crippen LogP contribution in [0.4, 0.5) is 0 Å². The molecule has 0 spiro atoms. The summed E-state index contributed by atoms with van der Waals surface area (Å²) < 4.78 is 37.9. The lowest BCUT2D eigenvalue weighted by Gasteiger charge is -2.21. The Morgan fingerprint density at radius 2 is 0.949 bits per heavy atom. The summed E-state index contributed by atoms with van der Waals surface area (Å²) in [6.07, 6.45) is 0. The highest BCUT2D eigenvalue weighted by Gasteiger charge is 2.20. The van der Waals surface area contributed by atoms with Gasteiger partial charge >= 0.3 is 0 Å². The van der Waals surface area contributed by atoms with Gasteiger partial charge in [-0.3, -0.25) is 4.79 Å². The van der Waals surface area contributed by atoms with E-state index in [-0.39, 0.29) is 26.6 Å². The summed E-state index contributed by atoms with van der Waals surface area (Å²) in [5.74, 6) is 1.63. The van der Waals surface area contributed by atoms with Gasteiger partial charge in [-0.15, -0.1) is 0 Å². The lowest BCUT2D eigenvalue weighted by molar-refractivity contribution is 0.103. The molecule has 4 aromatic carbocycles. The minimum absolute atomic E-state index is 0.0558. The van der Waals surface area contributed by atoms with E-state index in [2.05, 4.69) is 20.8 Å². The van der Waals surface area contributed by atoms with E-state index in [0.29, 0.717) is 28.4 Å². The van der Waals surface area contributed by atoms with E-state index in [1.54, 1.807) is 72.8 Å². The smallest absolute Gasteiger partial charge is 0.206 e. The Morgan fingerprint density at radius 3 is 1.36 bits per heavy atom. The summed E-state index contributed by atoms with van der Waals surface area (Å²) in [6.45, 7) is 12.2. The van der Waals surface area contributed by atoms with E-state index in [1.165, 1.54) is 12.1 Å². The summed E-state index contributed by atoms with van der Waals surface area (Å²) >= 11 is 0. The fraction of sp³-hybridized carbons (Fsp3) is 0.242. The molecule has 0 heterocycles. The average Bonchev–Trinajstić information content (AvgIpc) is 2.88. The predicted molar refractivity (Wildman–Crippen MR) is 154 cm³/mol. The van der Waals surface area contributed by atoms with E-state index in [9.17, 15) is 13.2 Å². The monoisotopic (exact) mass is 542 g/mol. The molecule has 0 saturated heterocycles. The van der Waals surface area contributed by atoms with Crippen LogP contribution >= 0.6 is 0 Å². The standard InChI is InChI=1S/C33H34O5S/c1-32(2,3)25-11-19-29(20-12-25)39(35,36)30-21-17-27(18-22-30)37-26-13-7-23(8-14-26)31(34)24-9-15-28(16-10-24)38-33(4,5)6/h7-22H,1-6H3. The zero-order valence-electron chi connectivity index (χ0n) is 23.2. The van der Waals surface area contributed by atoms with Crippen molar-refractivity contribution in [2.45, 2.75) is 62.3 Å². The van der Waals surface area contributed by atoms with Crippen molar-refractivity contribution in [3.8, 4) is 17.2 Å². The zero-order chi connectivity index (χ0) is 28.4. The van der Waals surface area contributed by atoms with Gasteiger partial charge in [0.2, 0.25) is 9.84 Å². The number of carbonyl (C=O) groups is 1. The molecule has 0 aromatic heterocycles. The molecule has 0 saturated carbocycles. The molecule has 6 heteroatoms.